The Hall–Kier alpha value is -2.04. The topological polar surface area (TPSA) is 49.4 Å². The summed E-state index contributed by atoms with van der Waals surface area (Å²) < 4.78 is 0. The predicted molar refractivity (Wildman–Crippen MR) is 97.5 cm³/mol. The van der Waals surface area contributed by atoms with Crippen molar-refractivity contribution in [3.63, 3.8) is 0 Å². The molecule has 0 aromatic heterocycles. The van der Waals surface area contributed by atoms with Gasteiger partial charge in [0.25, 0.3) is 0 Å². The molecule has 24 heavy (non-hydrogen) atoms. The van der Waals surface area contributed by atoms with E-state index in [4.69, 9.17) is 23.2 Å². The molecular formula is C18H16Cl2N2O2. The summed E-state index contributed by atoms with van der Waals surface area (Å²) in [4.78, 5) is 25.7. The molecule has 2 aromatic carbocycles. The van der Waals surface area contributed by atoms with Crippen molar-refractivity contribution in [2.75, 3.05) is 22.0 Å². The maximum atomic E-state index is 12.5. The molecule has 0 aliphatic carbocycles. The number of para-hydroxylation sites is 1. The maximum absolute atomic E-state index is 12.5. The van der Waals surface area contributed by atoms with E-state index in [9.17, 15) is 9.59 Å². The molecule has 1 aliphatic heterocycles. The van der Waals surface area contributed by atoms with E-state index in [0.29, 0.717) is 5.69 Å². The Bertz CT molecular complexity index is 792. The van der Waals surface area contributed by atoms with Gasteiger partial charge in [0.1, 0.15) is 11.8 Å². The minimum Gasteiger partial charge on any atom is -0.325 e. The summed E-state index contributed by atoms with van der Waals surface area (Å²) in [7, 11) is 0. The number of fused-ring (bicyclic) bond motifs is 2. The van der Waals surface area contributed by atoms with Crippen LogP contribution in [0.3, 0.4) is 0 Å². The Kier molecular flexibility index (Phi) is 5.07. The Morgan fingerprint density at radius 1 is 0.958 bits per heavy atom. The number of carbonyl (C=O) groups is 2. The van der Waals surface area contributed by atoms with Gasteiger partial charge in [-0.3, -0.25) is 14.5 Å². The average molecular weight is 363 g/mol. The van der Waals surface area contributed by atoms with E-state index >= 15 is 0 Å². The first-order valence-corrected chi connectivity index (χ1v) is 8.66. The number of hydrogen-bond acceptors (Lipinski definition) is 2. The number of alkyl halides is 2. The standard InChI is InChI=1S/C18H16Cl2N2O2/c19-10-17(23)21-14-8-7-13-6-5-12-3-1-2-4-15(12)22(16(13)9-14)18(24)11-20/h1-4,7-9H,5-6,10-11H2,(H,21,23). The first-order valence-electron chi connectivity index (χ1n) is 7.59. The summed E-state index contributed by atoms with van der Waals surface area (Å²) >= 11 is 11.4. The molecule has 4 nitrogen and oxygen atoms in total. The largest absolute Gasteiger partial charge is 0.325 e. The average Bonchev–Trinajstić information content (AvgIpc) is 2.77. The summed E-state index contributed by atoms with van der Waals surface area (Å²) in [5.74, 6) is -0.732. The van der Waals surface area contributed by atoms with E-state index in [1.54, 1.807) is 11.0 Å². The van der Waals surface area contributed by atoms with Crippen LogP contribution in [0.4, 0.5) is 17.1 Å². The molecular weight excluding hydrogens is 347 g/mol. The van der Waals surface area contributed by atoms with Crippen molar-refractivity contribution in [1.29, 1.82) is 0 Å². The van der Waals surface area contributed by atoms with Crippen LogP contribution in [0, 0.1) is 0 Å². The van der Waals surface area contributed by atoms with Crippen molar-refractivity contribution in [1.82, 2.24) is 0 Å². The van der Waals surface area contributed by atoms with E-state index in [2.05, 4.69) is 5.32 Å². The van der Waals surface area contributed by atoms with Gasteiger partial charge in [-0.25, -0.2) is 0 Å². The van der Waals surface area contributed by atoms with Gasteiger partial charge in [0.15, 0.2) is 0 Å². The second kappa shape index (κ2) is 7.24. The molecule has 0 saturated carbocycles. The van der Waals surface area contributed by atoms with Crippen molar-refractivity contribution in [2.24, 2.45) is 0 Å². The van der Waals surface area contributed by atoms with Crippen LogP contribution in [0.2, 0.25) is 0 Å². The molecule has 124 valence electrons. The van der Waals surface area contributed by atoms with Gasteiger partial charge in [0.05, 0.1) is 11.4 Å². The number of nitrogens with zero attached hydrogens (tertiary/aromatic N) is 1. The Morgan fingerprint density at radius 3 is 2.38 bits per heavy atom. The molecule has 1 N–H and O–H groups in total. The minimum atomic E-state index is -0.291. The second-order valence-corrected chi connectivity index (χ2v) is 6.05. The molecule has 0 radical (unpaired) electrons. The number of nitrogens with one attached hydrogen (secondary N) is 1. The SMILES string of the molecule is O=C(CCl)Nc1ccc2c(c1)N(C(=O)CCl)c1ccccc1CC2. The lowest BCUT2D eigenvalue weighted by Crippen LogP contribution is -2.28. The second-order valence-electron chi connectivity index (χ2n) is 5.52. The van der Waals surface area contributed by atoms with Gasteiger partial charge in [0.2, 0.25) is 11.8 Å². The van der Waals surface area contributed by atoms with Crippen molar-refractivity contribution in [3.8, 4) is 0 Å². The summed E-state index contributed by atoms with van der Waals surface area (Å²) in [5, 5.41) is 2.72. The summed E-state index contributed by atoms with van der Waals surface area (Å²) in [6.45, 7) is 0. The predicted octanol–water partition coefficient (Wildman–Crippen LogP) is 3.87. The molecule has 0 saturated heterocycles. The van der Waals surface area contributed by atoms with E-state index in [0.717, 1.165) is 35.3 Å². The fraction of sp³-hybridized carbons (Fsp3) is 0.222. The Morgan fingerprint density at radius 2 is 1.67 bits per heavy atom. The molecule has 0 spiro atoms. The molecule has 3 rings (SSSR count). The molecule has 2 amide bonds. The molecule has 1 aliphatic rings. The summed E-state index contributed by atoms with van der Waals surface area (Å²) in [5.41, 5.74) is 4.32. The number of halogens is 2. The van der Waals surface area contributed by atoms with Crippen LogP contribution in [-0.2, 0) is 22.4 Å². The third-order valence-electron chi connectivity index (χ3n) is 3.99. The fourth-order valence-corrected chi connectivity index (χ4v) is 3.11. The van der Waals surface area contributed by atoms with E-state index in [-0.39, 0.29) is 23.6 Å². The van der Waals surface area contributed by atoms with Gasteiger partial charge in [0, 0.05) is 5.69 Å². The zero-order valence-corrected chi connectivity index (χ0v) is 14.4. The van der Waals surface area contributed by atoms with Crippen LogP contribution in [0.25, 0.3) is 0 Å². The summed E-state index contributed by atoms with van der Waals surface area (Å²) in [6.07, 6.45) is 1.64. The lowest BCUT2D eigenvalue weighted by molar-refractivity contribution is -0.115. The monoisotopic (exact) mass is 362 g/mol. The molecule has 1 heterocycles. The van der Waals surface area contributed by atoms with Crippen molar-refractivity contribution in [2.45, 2.75) is 12.8 Å². The van der Waals surface area contributed by atoms with Crippen LogP contribution >= 0.6 is 23.2 Å². The number of benzene rings is 2. The molecule has 0 atom stereocenters. The van der Waals surface area contributed by atoms with Crippen molar-refractivity contribution >= 4 is 52.1 Å². The maximum Gasteiger partial charge on any atom is 0.246 e. The van der Waals surface area contributed by atoms with Gasteiger partial charge in [-0.15, -0.1) is 23.2 Å². The normalized spacial score (nSPS) is 12.8. The number of amides is 2. The number of anilines is 3. The highest BCUT2D eigenvalue weighted by molar-refractivity contribution is 6.30. The van der Waals surface area contributed by atoms with Gasteiger partial charge in [-0.1, -0.05) is 24.3 Å². The van der Waals surface area contributed by atoms with Crippen molar-refractivity contribution in [3.05, 3.63) is 53.6 Å². The lowest BCUT2D eigenvalue weighted by atomic mass is 10.0. The number of rotatable bonds is 3. The molecule has 0 unspecified atom stereocenters. The highest BCUT2D eigenvalue weighted by atomic mass is 35.5. The Balaban J connectivity index is 2.11. The van der Waals surface area contributed by atoms with E-state index in [1.807, 2.05) is 36.4 Å². The van der Waals surface area contributed by atoms with Gasteiger partial charge in [-0.2, -0.15) is 0 Å². The third kappa shape index (κ3) is 3.25. The van der Waals surface area contributed by atoms with E-state index in [1.165, 1.54) is 0 Å². The molecule has 6 heteroatoms. The van der Waals surface area contributed by atoms with Crippen LogP contribution in [0.15, 0.2) is 42.5 Å². The Labute approximate surface area is 150 Å². The first kappa shape index (κ1) is 16.8. The third-order valence-corrected chi connectivity index (χ3v) is 4.46. The van der Waals surface area contributed by atoms with Crippen molar-refractivity contribution < 1.29 is 9.59 Å². The minimum absolute atomic E-state index is 0.119. The summed E-state index contributed by atoms with van der Waals surface area (Å²) in [6, 6.07) is 13.3. The molecule has 2 aromatic rings. The van der Waals surface area contributed by atoms with Crippen LogP contribution < -0.4 is 10.2 Å². The smallest absolute Gasteiger partial charge is 0.246 e. The lowest BCUT2D eigenvalue weighted by Gasteiger charge is -2.24. The van der Waals surface area contributed by atoms with Crippen LogP contribution in [-0.4, -0.2) is 23.6 Å². The highest BCUT2D eigenvalue weighted by Gasteiger charge is 2.25. The number of aryl methyl sites for hydroxylation is 2. The zero-order chi connectivity index (χ0) is 17.1. The molecule has 0 fully saturated rings. The fourth-order valence-electron chi connectivity index (χ4n) is 2.92. The van der Waals surface area contributed by atoms with Crippen LogP contribution in [0.1, 0.15) is 11.1 Å². The van der Waals surface area contributed by atoms with Crippen LogP contribution in [0.5, 0.6) is 0 Å². The first-order chi connectivity index (χ1) is 11.6. The van der Waals surface area contributed by atoms with Gasteiger partial charge in [-0.05, 0) is 42.2 Å². The highest BCUT2D eigenvalue weighted by Crippen LogP contribution is 2.37. The zero-order valence-electron chi connectivity index (χ0n) is 12.9. The molecule has 0 bridgehead atoms. The number of hydrogen-bond donors (Lipinski definition) is 1. The van der Waals surface area contributed by atoms with Gasteiger partial charge >= 0.3 is 0 Å². The number of carbonyl (C=O) groups excluding carboxylic acids is 2. The van der Waals surface area contributed by atoms with E-state index < -0.39 is 0 Å². The quantitative estimate of drug-likeness (QED) is 0.842. The van der Waals surface area contributed by atoms with Gasteiger partial charge < -0.3 is 5.32 Å².